The van der Waals surface area contributed by atoms with Crippen molar-refractivity contribution in [3.8, 4) is 6.01 Å². The van der Waals surface area contributed by atoms with Gasteiger partial charge in [-0.1, -0.05) is 0 Å². The number of rotatable bonds is 4. The quantitative estimate of drug-likeness (QED) is 0.831. The van der Waals surface area contributed by atoms with Crippen molar-refractivity contribution in [2.24, 2.45) is 5.92 Å². The Morgan fingerprint density at radius 2 is 1.83 bits per heavy atom. The summed E-state index contributed by atoms with van der Waals surface area (Å²) in [6, 6.07) is 2.08. The van der Waals surface area contributed by atoms with Gasteiger partial charge in [0.1, 0.15) is 6.10 Å². The Hall–Kier alpha value is -1.21. The van der Waals surface area contributed by atoms with E-state index >= 15 is 0 Å². The zero-order valence-electron chi connectivity index (χ0n) is 9.90. The van der Waals surface area contributed by atoms with E-state index in [1.807, 2.05) is 0 Å². The van der Waals surface area contributed by atoms with Gasteiger partial charge in [-0.15, -0.1) is 0 Å². The van der Waals surface area contributed by atoms with E-state index in [-0.39, 0.29) is 17.8 Å². The van der Waals surface area contributed by atoms with Crippen molar-refractivity contribution >= 4 is 10.1 Å². The van der Waals surface area contributed by atoms with Crippen molar-refractivity contribution in [3.05, 3.63) is 18.5 Å². The van der Waals surface area contributed by atoms with E-state index in [4.69, 9.17) is 9.29 Å². The summed E-state index contributed by atoms with van der Waals surface area (Å²) in [5, 5.41) is 0. The van der Waals surface area contributed by atoms with Gasteiger partial charge in [0.25, 0.3) is 10.1 Å². The van der Waals surface area contributed by atoms with E-state index < -0.39 is 10.1 Å². The summed E-state index contributed by atoms with van der Waals surface area (Å²) in [5.74, 6) is -0.127. The second-order valence-electron chi connectivity index (χ2n) is 4.54. The maximum atomic E-state index is 10.8. The first-order valence-corrected chi connectivity index (χ1v) is 7.53. The molecule has 1 saturated carbocycles. The predicted octanol–water partition coefficient (Wildman–Crippen LogP) is 1.30. The minimum Gasteiger partial charge on any atom is -0.460 e. The third-order valence-electron chi connectivity index (χ3n) is 3.05. The number of aromatic nitrogens is 2. The molecule has 0 aliphatic heterocycles. The molecule has 0 atom stereocenters. The van der Waals surface area contributed by atoms with Crippen molar-refractivity contribution in [2.45, 2.75) is 31.8 Å². The second kappa shape index (κ2) is 5.62. The lowest BCUT2D eigenvalue weighted by Gasteiger charge is -2.27. The molecular formula is C11H16N2O4S. The van der Waals surface area contributed by atoms with Crippen molar-refractivity contribution in [3.63, 3.8) is 0 Å². The summed E-state index contributed by atoms with van der Waals surface area (Å²) in [4.78, 5) is 7.96. The number of hydrogen-bond acceptors (Lipinski definition) is 5. The Bertz CT molecular complexity index is 469. The SMILES string of the molecule is O=S(=O)(O)C[C@H]1CC[C@H](Oc2ncccn2)CC1. The van der Waals surface area contributed by atoms with Crippen LogP contribution in [0, 0.1) is 5.92 Å². The number of nitrogens with zero attached hydrogens (tertiary/aromatic N) is 2. The Kier molecular flexibility index (Phi) is 4.13. The largest absolute Gasteiger partial charge is 0.460 e. The second-order valence-corrected chi connectivity index (χ2v) is 6.04. The van der Waals surface area contributed by atoms with E-state index in [1.165, 1.54) is 0 Å². The zero-order chi connectivity index (χ0) is 13.0. The molecule has 18 heavy (non-hydrogen) atoms. The van der Waals surface area contributed by atoms with Crippen molar-refractivity contribution in [2.75, 3.05) is 5.75 Å². The summed E-state index contributed by atoms with van der Waals surface area (Å²) in [7, 11) is -3.87. The minimum absolute atomic E-state index is 0.0246. The lowest BCUT2D eigenvalue weighted by atomic mass is 9.89. The molecule has 1 aromatic heterocycles. The molecule has 0 spiro atoms. The predicted molar refractivity (Wildman–Crippen MR) is 64.8 cm³/mol. The lowest BCUT2D eigenvalue weighted by molar-refractivity contribution is 0.124. The van der Waals surface area contributed by atoms with Gasteiger partial charge < -0.3 is 4.74 Å². The van der Waals surface area contributed by atoms with Crippen LogP contribution in [0.5, 0.6) is 6.01 Å². The van der Waals surface area contributed by atoms with Crippen molar-refractivity contribution in [1.29, 1.82) is 0 Å². The fraction of sp³-hybridized carbons (Fsp3) is 0.636. The van der Waals surface area contributed by atoms with Gasteiger partial charge in [0.15, 0.2) is 0 Å². The molecule has 100 valence electrons. The van der Waals surface area contributed by atoms with E-state index in [0.717, 1.165) is 25.7 Å². The van der Waals surface area contributed by atoms with Gasteiger partial charge in [0.2, 0.25) is 0 Å². The van der Waals surface area contributed by atoms with Crippen LogP contribution in [0.3, 0.4) is 0 Å². The highest BCUT2D eigenvalue weighted by Gasteiger charge is 2.26. The molecule has 2 rings (SSSR count). The van der Waals surface area contributed by atoms with E-state index in [9.17, 15) is 8.42 Å². The molecule has 1 N–H and O–H groups in total. The first-order chi connectivity index (χ1) is 8.53. The number of ether oxygens (including phenoxy) is 1. The molecule has 1 heterocycles. The van der Waals surface area contributed by atoms with Gasteiger partial charge in [-0.2, -0.15) is 8.42 Å². The number of hydrogen-bond donors (Lipinski definition) is 1. The fourth-order valence-electron chi connectivity index (χ4n) is 2.21. The smallest absolute Gasteiger partial charge is 0.316 e. The van der Waals surface area contributed by atoms with E-state index in [2.05, 4.69) is 9.97 Å². The summed E-state index contributed by atoms with van der Waals surface area (Å²) < 4.78 is 35.9. The molecule has 0 saturated heterocycles. The summed E-state index contributed by atoms with van der Waals surface area (Å²) in [5.41, 5.74) is 0. The fourth-order valence-corrected chi connectivity index (χ4v) is 3.14. The van der Waals surface area contributed by atoms with Gasteiger partial charge in [-0.25, -0.2) is 9.97 Å². The molecule has 0 aromatic carbocycles. The van der Waals surface area contributed by atoms with Crippen LogP contribution in [-0.2, 0) is 10.1 Å². The van der Waals surface area contributed by atoms with E-state index in [0.29, 0.717) is 6.01 Å². The average molecular weight is 272 g/mol. The van der Waals surface area contributed by atoms with Crippen LogP contribution < -0.4 is 4.74 Å². The van der Waals surface area contributed by atoms with Crippen LogP contribution in [-0.4, -0.2) is 34.8 Å². The average Bonchev–Trinajstić information content (AvgIpc) is 2.31. The molecule has 0 radical (unpaired) electrons. The van der Waals surface area contributed by atoms with Crippen LogP contribution in [0.1, 0.15) is 25.7 Å². The molecule has 0 unspecified atom stereocenters. The normalized spacial score (nSPS) is 24.7. The van der Waals surface area contributed by atoms with Crippen LogP contribution in [0.4, 0.5) is 0 Å². The molecule has 1 aliphatic carbocycles. The van der Waals surface area contributed by atoms with Crippen molar-refractivity contribution < 1.29 is 17.7 Å². The highest BCUT2D eigenvalue weighted by Crippen LogP contribution is 2.27. The Morgan fingerprint density at radius 3 is 2.39 bits per heavy atom. The molecule has 6 nitrogen and oxygen atoms in total. The summed E-state index contributed by atoms with van der Waals surface area (Å²) in [6.07, 6.45) is 6.26. The van der Waals surface area contributed by atoms with Gasteiger partial charge in [0.05, 0.1) is 5.75 Å². The van der Waals surface area contributed by atoms with Gasteiger partial charge in [-0.05, 0) is 37.7 Å². The molecule has 0 amide bonds. The molecular weight excluding hydrogens is 256 g/mol. The summed E-state index contributed by atoms with van der Waals surface area (Å²) >= 11 is 0. The van der Waals surface area contributed by atoms with Gasteiger partial charge in [0, 0.05) is 12.4 Å². The maximum absolute atomic E-state index is 10.8. The Morgan fingerprint density at radius 1 is 1.22 bits per heavy atom. The monoisotopic (exact) mass is 272 g/mol. The molecule has 1 aliphatic rings. The topological polar surface area (TPSA) is 89.4 Å². The van der Waals surface area contributed by atoms with Crippen LogP contribution in [0.2, 0.25) is 0 Å². The molecule has 1 fully saturated rings. The maximum Gasteiger partial charge on any atom is 0.316 e. The van der Waals surface area contributed by atoms with Crippen LogP contribution in [0.25, 0.3) is 0 Å². The van der Waals surface area contributed by atoms with Crippen LogP contribution in [0.15, 0.2) is 18.5 Å². The molecule has 1 aromatic rings. The minimum atomic E-state index is -3.87. The third-order valence-corrected chi connectivity index (χ3v) is 3.95. The standard InChI is InChI=1S/C11H16N2O4S/c14-18(15,16)8-9-2-4-10(5-3-9)17-11-12-6-1-7-13-11/h1,6-7,9-10H,2-5,8H2,(H,14,15,16)/t9-,10-. The van der Waals surface area contributed by atoms with Gasteiger partial charge >= 0.3 is 6.01 Å². The first kappa shape index (κ1) is 13.2. The highest BCUT2D eigenvalue weighted by atomic mass is 32.2. The Labute approximate surface area is 106 Å². The molecule has 0 bridgehead atoms. The Balaban J connectivity index is 1.80. The highest BCUT2D eigenvalue weighted by molar-refractivity contribution is 7.85. The first-order valence-electron chi connectivity index (χ1n) is 5.92. The van der Waals surface area contributed by atoms with Crippen LogP contribution >= 0.6 is 0 Å². The molecule has 7 heteroatoms. The van der Waals surface area contributed by atoms with E-state index in [1.54, 1.807) is 18.5 Å². The zero-order valence-corrected chi connectivity index (χ0v) is 10.7. The third kappa shape index (κ3) is 4.23. The van der Waals surface area contributed by atoms with Crippen molar-refractivity contribution in [1.82, 2.24) is 9.97 Å². The van der Waals surface area contributed by atoms with Gasteiger partial charge in [-0.3, -0.25) is 4.55 Å². The summed E-state index contributed by atoms with van der Waals surface area (Å²) in [6.45, 7) is 0. The lowest BCUT2D eigenvalue weighted by Crippen LogP contribution is -2.28.